The highest BCUT2D eigenvalue weighted by molar-refractivity contribution is 5.76. The molecule has 17 heavy (non-hydrogen) atoms. The van der Waals surface area contributed by atoms with E-state index in [2.05, 4.69) is 43.1 Å². The lowest BCUT2D eigenvalue weighted by Gasteiger charge is -2.05. The van der Waals surface area contributed by atoms with Gasteiger partial charge >= 0.3 is 0 Å². The smallest absolute Gasteiger partial charge is 0.152 e. The molecular formula is C15H15NO. The van der Waals surface area contributed by atoms with E-state index in [1.54, 1.807) is 0 Å². The number of para-hydroxylation sites is 1. The fourth-order valence-corrected chi connectivity index (χ4v) is 1.99. The van der Waals surface area contributed by atoms with Crippen LogP contribution in [-0.2, 0) is 0 Å². The zero-order valence-electron chi connectivity index (χ0n) is 10.0. The summed E-state index contributed by atoms with van der Waals surface area (Å²) in [6.07, 6.45) is 4.16. The average molecular weight is 225 g/mol. The van der Waals surface area contributed by atoms with Crippen LogP contribution in [0.1, 0.15) is 36.7 Å². The van der Waals surface area contributed by atoms with Crippen molar-refractivity contribution in [2.45, 2.75) is 19.8 Å². The van der Waals surface area contributed by atoms with Crippen LogP contribution in [0.15, 0.2) is 30.3 Å². The second-order valence-electron chi connectivity index (χ2n) is 4.63. The average Bonchev–Trinajstić information content (AvgIpc) is 2.64. The fraction of sp³-hybridized carbons (Fsp3) is 0.200. The molecule has 0 aliphatic carbocycles. The fourth-order valence-electron chi connectivity index (χ4n) is 1.99. The molecule has 2 aromatic rings. The first kappa shape index (κ1) is 10.2. The van der Waals surface area contributed by atoms with Crippen molar-refractivity contribution in [1.29, 1.82) is 0 Å². The maximum atomic E-state index is 5.94. The summed E-state index contributed by atoms with van der Waals surface area (Å²) >= 11 is 0. The van der Waals surface area contributed by atoms with Crippen LogP contribution in [0.25, 0.3) is 12.2 Å². The van der Waals surface area contributed by atoms with Gasteiger partial charge in [0.05, 0.1) is 5.69 Å². The van der Waals surface area contributed by atoms with E-state index in [1.807, 2.05) is 18.2 Å². The second-order valence-corrected chi connectivity index (χ2v) is 4.63. The van der Waals surface area contributed by atoms with Crippen LogP contribution in [0.5, 0.6) is 11.5 Å². The van der Waals surface area contributed by atoms with E-state index in [0.29, 0.717) is 5.92 Å². The predicted molar refractivity (Wildman–Crippen MR) is 70.3 cm³/mol. The number of rotatable bonds is 1. The number of nitrogens with one attached hydrogen (secondary N) is 1. The van der Waals surface area contributed by atoms with Gasteiger partial charge in [0.1, 0.15) is 5.75 Å². The first-order chi connectivity index (χ1) is 8.24. The van der Waals surface area contributed by atoms with Crippen LogP contribution in [0.2, 0.25) is 0 Å². The number of fused-ring (bicyclic) bond motifs is 2. The number of hydrogen-bond acceptors (Lipinski definition) is 1. The Kier molecular flexibility index (Phi) is 2.29. The molecule has 1 aliphatic rings. The number of hydrogen-bond donors (Lipinski definition) is 1. The molecule has 2 heterocycles. The van der Waals surface area contributed by atoms with Crippen LogP contribution in [-0.4, -0.2) is 4.98 Å². The molecule has 2 nitrogen and oxygen atoms in total. The lowest BCUT2D eigenvalue weighted by atomic mass is 10.1. The predicted octanol–water partition coefficient (Wildman–Crippen LogP) is 4.41. The highest BCUT2D eigenvalue weighted by Gasteiger charge is 2.14. The zero-order chi connectivity index (χ0) is 11.8. The van der Waals surface area contributed by atoms with Crippen LogP contribution in [0, 0.1) is 0 Å². The van der Waals surface area contributed by atoms with Gasteiger partial charge in [-0.2, -0.15) is 0 Å². The molecule has 0 radical (unpaired) electrons. The van der Waals surface area contributed by atoms with Crippen molar-refractivity contribution in [2.24, 2.45) is 0 Å². The summed E-state index contributed by atoms with van der Waals surface area (Å²) in [5.74, 6) is 2.31. The highest BCUT2D eigenvalue weighted by atomic mass is 16.5. The molecule has 0 unspecified atom stereocenters. The van der Waals surface area contributed by atoms with Gasteiger partial charge in [-0.1, -0.05) is 32.0 Å². The minimum Gasteiger partial charge on any atom is -0.454 e. The van der Waals surface area contributed by atoms with Gasteiger partial charge in [-0.25, -0.2) is 0 Å². The molecular weight excluding hydrogens is 210 g/mol. The molecule has 86 valence electrons. The van der Waals surface area contributed by atoms with Gasteiger partial charge in [0, 0.05) is 17.3 Å². The lowest BCUT2D eigenvalue weighted by Crippen LogP contribution is -1.86. The minimum atomic E-state index is 0.481. The van der Waals surface area contributed by atoms with E-state index in [1.165, 1.54) is 5.69 Å². The third kappa shape index (κ3) is 1.76. The Morgan fingerprint density at radius 1 is 1.06 bits per heavy atom. The summed E-state index contributed by atoms with van der Waals surface area (Å²) in [5, 5.41) is 0. The third-order valence-corrected chi connectivity index (χ3v) is 3.02. The van der Waals surface area contributed by atoms with Gasteiger partial charge in [-0.15, -0.1) is 0 Å². The Hall–Kier alpha value is -1.96. The molecule has 1 aromatic heterocycles. The molecule has 0 amide bonds. The van der Waals surface area contributed by atoms with Crippen molar-refractivity contribution in [3.63, 3.8) is 0 Å². The van der Waals surface area contributed by atoms with Crippen molar-refractivity contribution < 1.29 is 4.74 Å². The van der Waals surface area contributed by atoms with Gasteiger partial charge in [-0.05, 0) is 24.1 Å². The molecule has 3 rings (SSSR count). The summed E-state index contributed by atoms with van der Waals surface area (Å²) in [7, 11) is 0. The highest BCUT2D eigenvalue weighted by Crippen LogP contribution is 2.35. The quantitative estimate of drug-likeness (QED) is 0.651. The number of ether oxygens (including phenoxy) is 1. The number of H-pyrrole nitrogens is 1. The molecule has 0 bridgehead atoms. The Morgan fingerprint density at radius 2 is 1.88 bits per heavy atom. The molecule has 0 saturated heterocycles. The monoisotopic (exact) mass is 225 g/mol. The van der Waals surface area contributed by atoms with Crippen LogP contribution in [0.4, 0.5) is 0 Å². The van der Waals surface area contributed by atoms with Crippen molar-refractivity contribution in [2.75, 3.05) is 0 Å². The van der Waals surface area contributed by atoms with Crippen LogP contribution < -0.4 is 4.74 Å². The third-order valence-electron chi connectivity index (χ3n) is 3.02. The first-order valence-electron chi connectivity index (χ1n) is 5.92. The van der Waals surface area contributed by atoms with Crippen molar-refractivity contribution in [3.05, 3.63) is 47.3 Å². The molecule has 1 aromatic carbocycles. The molecule has 1 N–H and O–H groups in total. The Morgan fingerprint density at radius 3 is 2.71 bits per heavy atom. The normalized spacial score (nSPS) is 12.9. The SMILES string of the molecule is CC(C)c1cc2c([nH]1)C=Cc1ccccc1O2. The number of aromatic amines is 1. The maximum absolute atomic E-state index is 5.94. The number of benzene rings is 1. The summed E-state index contributed by atoms with van der Waals surface area (Å²) in [4.78, 5) is 3.40. The first-order valence-corrected chi connectivity index (χ1v) is 5.92. The topological polar surface area (TPSA) is 25.0 Å². The summed E-state index contributed by atoms with van der Waals surface area (Å²) < 4.78 is 5.94. The molecule has 0 fully saturated rings. The zero-order valence-corrected chi connectivity index (χ0v) is 10.0. The largest absolute Gasteiger partial charge is 0.454 e. The minimum absolute atomic E-state index is 0.481. The Balaban J connectivity index is 2.08. The van der Waals surface area contributed by atoms with Crippen molar-refractivity contribution in [1.82, 2.24) is 4.98 Å². The molecule has 0 atom stereocenters. The molecule has 2 heteroatoms. The maximum Gasteiger partial charge on any atom is 0.152 e. The van der Waals surface area contributed by atoms with E-state index in [4.69, 9.17) is 4.74 Å². The van der Waals surface area contributed by atoms with Gasteiger partial charge in [0.25, 0.3) is 0 Å². The van der Waals surface area contributed by atoms with Gasteiger partial charge in [-0.3, -0.25) is 0 Å². The van der Waals surface area contributed by atoms with Gasteiger partial charge in [0.15, 0.2) is 5.75 Å². The second kappa shape index (κ2) is 3.81. The van der Waals surface area contributed by atoms with E-state index >= 15 is 0 Å². The molecule has 1 aliphatic heterocycles. The Bertz CT molecular complexity index is 578. The summed E-state index contributed by atoms with van der Waals surface area (Å²) in [6.45, 7) is 4.34. The van der Waals surface area contributed by atoms with E-state index in [9.17, 15) is 0 Å². The number of aromatic nitrogens is 1. The van der Waals surface area contributed by atoms with E-state index < -0.39 is 0 Å². The lowest BCUT2D eigenvalue weighted by molar-refractivity contribution is 0.482. The van der Waals surface area contributed by atoms with Crippen molar-refractivity contribution >= 4 is 12.2 Å². The molecule has 0 saturated carbocycles. The van der Waals surface area contributed by atoms with Crippen molar-refractivity contribution in [3.8, 4) is 11.5 Å². The van der Waals surface area contributed by atoms with E-state index in [0.717, 1.165) is 22.8 Å². The summed E-state index contributed by atoms with van der Waals surface area (Å²) in [5.41, 5.74) is 3.37. The Labute approximate surface area is 101 Å². The van der Waals surface area contributed by atoms with Gasteiger partial charge in [0.2, 0.25) is 0 Å². The molecule has 0 spiro atoms. The van der Waals surface area contributed by atoms with Gasteiger partial charge < -0.3 is 9.72 Å². The van der Waals surface area contributed by atoms with Crippen LogP contribution >= 0.6 is 0 Å². The van der Waals surface area contributed by atoms with Crippen LogP contribution in [0.3, 0.4) is 0 Å². The standard InChI is InChI=1S/C15H15NO/c1-10(2)13-9-15-12(16-13)8-7-11-5-3-4-6-14(11)17-15/h3-10,16H,1-2H3. The van der Waals surface area contributed by atoms with E-state index in [-0.39, 0.29) is 0 Å². The summed E-state index contributed by atoms with van der Waals surface area (Å²) in [6, 6.07) is 10.2.